The van der Waals surface area contributed by atoms with Gasteiger partial charge in [0.05, 0.1) is 28.4 Å². The Kier molecular flexibility index (Phi) is 6.25. The number of thioether (sulfide) groups is 1. The average Bonchev–Trinajstić information content (AvgIpc) is 3.27. The molecule has 0 bridgehead atoms. The Morgan fingerprint density at radius 2 is 1.87 bits per heavy atom. The van der Waals surface area contributed by atoms with Gasteiger partial charge in [-0.25, -0.2) is 4.98 Å². The largest absolute Gasteiger partial charge is 0.348 e. The van der Waals surface area contributed by atoms with E-state index in [2.05, 4.69) is 11.4 Å². The number of nitrogens with one attached hydrogen (secondary N) is 1. The average molecular weight is 450 g/mol. The molecule has 5 nitrogen and oxygen atoms in total. The topological polar surface area (TPSA) is 64.0 Å². The van der Waals surface area contributed by atoms with Crippen LogP contribution in [0.3, 0.4) is 0 Å². The van der Waals surface area contributed by atoms with Crippen LogP contribution >= 0.6 is 23.1 Å². The molecule has 158 valence electrons. The highest BCUT2D eigenvalue weighted by Crippen LogP contribution is 2.23. The number of benzene rings is 2. The molecule has 1 atom stereocenters. The maximum Gasteiger partial charge on any atom is 0.266 e. The number of rotatable bonds is 6. The molecular weight excluding hydrogens is 426 g/mol. The summed E-state index contributed by atoms with van der Waals surface area (Å²) in [6.45, 7) is 5.97. The van der Waals surface area contributed by atoms with Gasteiger partial charge in [-0.15, -0.1) is 11.3 Å². The standard InChI is InChI=1S/C24H23N3O2S2/c1-15-11-16(2)13-18(12-15)27-23(29)19-7-4-5-8-20(19)26-24(27)31-14-22(28)25-17(3)21-9-6-10-30-21/h4-13,17H,14H2,1-3H3,(H,25,28). The first-order chi connectivity index (χ1) is 14.9. The summed E-state index contributed by atoms with van der Waals surface area (Å²) in [5.41, 5.74) is 3.38. The van der Waals surface area contributed by atoms with Gasteiger partial charge in [-0.1, -0.05) is 36.0 Å². The van der Waals surface area contributed by atoms with E-state index in [1.807, 2.05) is 68.6 Å². The third-order valence-corrected chi connectivity index (χ3v) is 6.88. The Labute approximate surface area is 189 Å². The summed E-state index contributed by atoms with van der Waals surface area (Å²) < 4.78 is 1.61. The van der Waals surface area contributed by atoms with E-state index in [0.29, 0.717) is 16.1 Å². The first-order valence-corrected chi connectivity index (χ1v) is 11.8. The summed E-state index contributed by atoms with van der Waals surface area (Å²) in [6, 6.07) is 17.2. The van der Waals surface area contributed by atoms with Gasteiger partial charge in [-0.2, -0.15) is 0 Å². The highest BCUT2D eigenvalue weighted by atomic mass is 32.2. The molecule has 31 heavy (non-hydrogen) atoms. The van der Waals surface area contributed by atoms with Gasteiger partial charge in [0.2, 0.25) is 5.91 Å². The van der Waals surface area contributed by atoms with Crippen LogP contribution < -0.4 is 10.9 Å². The lowest BCUT2D eigenvalue weighted by Crippen LogP contribution is -2.28. The number of thiophene rings is 1. The van der Waals surface area contributed by atoms with E-state index in [4.69, 9.17) is 4.98 Å². The number of aryl methyl sites for hydroxylation is 2. The monoisotopic (exact) mass is 449 g/mol. The Morgan fingerprint density at radius 3 is 2.58 bits per heavy atom. The van der Waals surface area contributed by atoms with Crippen molar-refractivity contribution in [2.45, 2.75) is 32.0 Å². The summed E-state index contributed by atoms with van der Waals surface area (Å²) in [5, 5.41) is 6.08. The Balaban J connectivity index is 1.67. The van der Waals surface area contributed by atoms with Crippen molar-refractivity contribution in [2.24, 2.45) is 0 Å². The number of aromatic nitrogens is 2. The first kappa shape index (κ1) is 21.3. The number of para-hydroxylation sites is 1. The molecule has 4 rings (SSSR count). The van der Waals surface area contributed by atoms with Crippen molar-refractivity contribution in [1.82, 2.24) is 14.9 Å². The minimum Gasteiger partial charge on any atom is -0.348 e. The number of fused-ring (bicyclic) bond motifs is 1. The van der Waals surface area contributed by atoms with Crippen molar-refractivity contribution in [1.29, 1.82) is 0 Å². The lowest BCUT2D eigenvalue weighted by molar-refractivity contribution is -0.119. The molecule has 2 aromatic heterocycles. The predicted octanol–water partition coefficient (Wildman–Crippen LogP) is 5.03. The van der Waals surface area contributed by atoms with Gasteiger partial charge in [0.25, 0.3) is 5.56 Å². The third-order valence-electron chi connectivity index (χ3n) is 4.89. The second kappa shape index (κ2) is 9.08. The van der Waals surface area contributed by atoms with Crippen molar-refractivity contribution in [3.63, 3.8) is 0 Å². The molecule has 0 fully saturated rings. The molecule has 1 amide bonds. The van der Waals surface area contributed by atoms with E-state index in [1.165, 1.54) is 11.8 Å². The third kappa shape index (κ3) is 4.73. The molecule has 0 radical (unpaired) electrons. The van der Waals surface area contributed by atoms with E-state index in [9.17, 15) is 9.59 Å². The second-order valence-electron chi connectivity index (χ2n) is 7.49. The molecule has 1 N–H and O–H groups in total. The van der Waals surface area contributed by atoms with Gasteiger partial charge in [0.15, 0.2) is 5.16 Å². The van der Waals surface area contributed by atoms with Crippen molar-refractivity contribution in [3.05, 3.63) is 86.3 Å². The quantitative estimate of drug-likeness (QED) is 0.331. The zero-order valence-corrected chi connectivity index (χ0v) is 19.2. The van der Waals surface area contributed by atoms with Crippen LogP contribution in [-0.4, -0.2) is 21.2 Å². The number of nitrogens with zero attached hydrogens (tertiary/aromatic N) is 2. The predicted molar refractivity (Wildman–Crippen MR) is 128 cm³/mol. The molecule has 0 aliphatic carbocycles. The van der Waals surface area contributed by atoms with Crippen molar-refractivity contribution < 1.29 is 4.79 Å². The van der Waals surface area contributed by atoms with E-state index < -0.39 is 0 Å². The Morgan fingerprint density at radius 1 is 1.13 bits per heavy atom. The van der Waals surface area contributed by atoms with Crippen molar-refractivity contribution in [2.75, 3.05) is 5.75 Å². The van der Waals surface area contributed by atoms with Crippen LogP contribution in [0.25, 0.3) is 16.6 Å². The molecule has 2 heterocycles. The summed E-state index contributed by atoms with van der Waals surface area (Å²) >= 11 is 2.89. The molecule has 1 unspecified atom stereocenters. The summed E-state index contributed by atoms with van der Waals surface area (Å²) in [4.78, 5) is 31.8. The maximum atomic E-state index is 13.4. The molecule has 4 aromatic rings. The molecule has 2 aromatic carbocycles. The fraction of sp³-hybridized carbons (Fsp3) is 0.208. The van der Waals surface area contributed by atoms with Crippen LogP contribution in [0.1, 0.15) is 29.0 Å². The highest BCUT2D eigenvalue weighted by molar-refractivity contribution is 7.99. The van der Waals surface area contributed by atoms with E-state index in [-0.39, 0.29) is 23.3 Å². The number of hydrogen-bond donors (Lipinski definition) is 1. The fourth-order valence-corrected chi connectivity index (χ4v) is 5.10. The van der Waals surface area contributed by atoms with Crippen LogP contribution in [0, 0.1) is 13.8 Å². The number of hydrogen-bond acceptors (Lipinski definition) is 5. The normalized spacial score (nSPS) is 12.1. The molecular formula is C24H23N3O2S2. The smallest absolute Gasteiger partial charge is 0.266 e. The highest BCUT2D eigenvalue weighted by Gasteiger charge is 2.16. The maximum absolute atomic E-state index is 13.4. The number of carbonyl (C=O) groups is 1. The van der Waals surface area contributed by atoms with Gasteiger partial charge >= 0.3 is 0 Å². The SMILES string of the molecule is Cc1cc(C)cc(-n2c(SCC(=O)NC(C)c3cccs3)nc3ccccc3c2=O)c1. The Hall–Kier alpha value is -2.90. The van der Waals surface area contributed by atoms with Gasteiger partial charge in [-0.05, 0) is 67.6 Å². The Bertz CT molecular complexity index is 1280. The molecule has 0 saturated carbocycles. The van der Waals surface area contributed by atoms with E-state index in [1.54, 1.807) is 22.0 Å². The zero-order chi connectivity index (χ0) is 22.0. The van der Waals surface area contributed by atoms with Crippen LogP contribution in [-0.2, 0) is 4.79 Å². The first-order valence-electron chi connectivity index (χ1n) is 9.98. The minimum atomic E-state index is -0.134. The van der Waals surface area contributed by atoms with Crippen LogP contribution in [0.2, 0.25) is 0 Å². The summed E-state index contributed by atoms with van der Waals surface area (Å²) in [5.74, 6) is 0.0750. The molecule has 0 spiro atoms. The van der Waals surface area contributed by atoms with Gasteiger partial charge in [0.1, 0.15) is 0 Å². The second-order valence-corrected chi connectivity index (χ2v) is 9.41. The molecule has 7 heteroatoms. The van der Waals surface area contributed by atoms with Crippen LogP contribution in [0.15, 0.2) is 69.9 Å². The minimum absolute atomic E-state index is 0.0562. The molecule has 0 aliphatic rings. The zero-order valence-electron chi connectivity index (χ0n) is 17.6. The van der Waals surface area contributed by atoms with Gasteiger partial charge < -0.3 is 5.32 Å². The van der Waals surface area contributed by atoms with Crippen molar-refractivity contribution in [3.8, 4) is 5.69 Å². The van der Waals surface area contributed by atoms with Crippen LogP contribution in [0.4, 0.5) is 0 Å². The molecule has 0 aliphatic heterocycles. The van der Waals surface area contributed by atoms with Crippen LogP contribution in [0.5, 0.6) is 0 Å². The number of amides is 1. The fourth-order valence-electron chi connectivity index (χ4n) is 3.54. The lowest BCUT2D eigenvalue weighted by Gasteiger charge is -2.15. The molecule has 0 saturated heterocycles. The van der Waals surface area contributed by atoms with E-state index >= 15 is 0 Å². The van der Waals surface area contributed by atoms with E-state index in [0.717, 1.165) is 21.7 Å². The number of carbonyl (C=O) groups excluding carboxylic acids is 1. The summed E-state index contributed by atoms with van der Waals surface area (Å²) in [6.07, 6.45) is 0. The van der Waals surface area contributed by atoms with Gasteiger partial charge in [0, 0.05) is 4.88 Å². The van der Waals surface area contributed by atoms with Gasteiger partial charge in [-0.3, -0.25) is 14.2 Å². The summed E-state index contributed by atoms with van der Waals surface area (Å²) in [7, 11) is 0. The van der Waals surface area contributed by atoms with Crippen molar-refractivity contribution >= 4 is 39.9 Å². The lowest BCUT2D eigenvalue weighted by atomic mass is 10.1.